The van der Waals surface area contributed by atoms with Crippen molar-refractivity contribution in [3.8, 4) is 6.07 Å². The van der Waals surface area contributed by atoms with E-state index in [1.807, 2.05) is 36.4 Å². The van der Waals surface area contributed by atoms with Gasteiger partial charge < -0.3 is 10.0 Å². The third-order valence-electron chi connectivity index (χ3n) is 2.84. The molecule has 0 saturated carbocycles. The molecule has 0 aliphatic carbocycles. The van der Waals surface area contributed by atoms with Gasteiger partial charge in [-0.05, 0) is 12.0 Å². The molecule has 1 N–H and O–H groups in total. The van der Waals surface area contributed by atoms with Crippen LogP contribution in [0.1, 0.15) is 31.2 Å². The Kier molecular flexibility index (Phi) is 6.83. The lowest BCUT2D eigenvalue weighted by Gasteiger charge is -2.21. The Hall–Kier alpha value is -2.35. The number of carboxylic acids is 1. The third-order valence-corrected chi connectivity index (χ3v) is 2.84. The summed E-state index contributed by atoms with van der Waals surface area (Å²) < 4.78 is 0. The highest BCUT2D eigenvalue weighted by atomic mass is 16.4. The van der Waals surface area contributed by atoms with Gasteiger partial charge >= 0.3 is 5.97 Å². The Morgan fingerprint density at radius 1 is 1.20 bits per heavy atom. The average molecular weight is 274 g/mol. The van der Waals surface area contributed by atoms with E-state index in [4.69, 9.17) is 10.4 Å². The molecule has 106 valence electrons. The molecule has 1 aromatic rings. The Labute approximate surface area is 118 Å². The first-order chi connectivity index (χ1) is 9.63. The zero-order valence-corrected chi connectivity index (χ0v) is 11.3. The van der Waals surface area contributed by atoms with Crippen LogP contribution in [0.5, 0.6) is 0 Å². The Morgan fingerprint density at radius 2 is 1.90 bits per heavy atom. The van der Waals surface area contributed by atoms with Crippen molar-refractivity contribution in [2.24, 2.45) is 0 Å². The molecule has 1 aromatic carbocycles. The molecule has 0 heterocycles. The van der Waals surface area contributed by atoms with Crippen molar-refractivity contribution in [1.29, 1.82) is 5.26 Å². The second-order valence-electron chi connectivity index (χ2n) is 4.46. The van der Waals surface area contributed by atoms with Crippen LogP contribution in [0.4, 0.5) is 0 Å². The van der Waals surface area contributed by atoms with Gasteiger partial charge in [0.25, 0.3) is 0 Å². The van der Waals surface area contributed by atoms with Gasteiger partial charge in [0.05, 0.1) is 12.5 Å². The number of aliphatic carboxylic acids is 1. The average Bonchev–Trinajstić information content (AvgIpc) is 2.44. The van der Waals surface area contributed by atoms with Crippen LogP contribution in [0.15, 0.2) is 30.3 Å². The van der Waals surface area contributed by atoms with E-state index in [0.29, 0.717) is 19.5 Å². The minimum atomic E-state index is -0.899. The Bertz CT molecular complexity index is 480. The summed E-state index contributed by atoms with van der Waals surface area (Å²) in [4.78, 5) is 24.1. The molecule has 0 bridgehead atoms. The maximum absolute atomic E-state index is 12.1. The minimum Gasteiger partial charge on any atom is -0.481 e. The largest absolute Gasteiger partial charge is 0.481 e. The van der Waals surface area contributed by atoms with Crippen molar-refractivity contribution in [1.82, 2.24) is 4.90 Å². The van der Waals surface area contributed by atoms with Crippen molar-refractivity contribution >= 4 is 11.9 Å². The minimum absolute atomic E-state index is 0.0107. The van der Waals surface area contributed by atoms with Crippen molar-refractivity contribution < 1.29 is 14.7 Å². The molecule has 5 heteroatoms. The van der Waals surface area contributed by atoms with E-state index in [-0.39, 0.29) is 25.2 Å². The first-order valence-electron chi connectivity index (χ1n) is 6.54. The molecule has 0 aromatic heterocycles. The summed E-state index contributed by atoms with van der Waals surface area (Å²) in [5.41, 5.74) is 0.997. The molecule has 1 rings (SSSR count). The predicted molar refractivity (Wildman–Crippen MR) is 73.6 cm³/mol. The highest BCUT2D eigenvalue weighted by molar-refractivity contribution is 5.77. The molecular weight excluding hydrogens is 256 g/mol. The summed E-state index contributed by atoms with van der Waals surface area (Å²) in [6, 6.07) is 11.6. The molecule has 1 amide bonds. The molecular formula is C15H18N2O3. The molecule has 0 spiro atoms. The fraction of sp³-hybridized carbons (Fsp3) is 0.400. The van der Waals surface area contributed by atoms with Crippen LogP contribution in [0.2, 0.25) is 0 Å². The number of hydrogen-bond acceptors (Lipinski definition) is 3. The molecule has 0 saturated heterocycles. The number of carbonyl (C=O) groups is 2. The number of benzene rings is 1. The molecule has 5 nitrogen and oxygen atoms in total. The van der Waals surface area contributed by atoms with Crippen LogP contribution < -0.4 is 0 Å². The van der Waals surface area contributed by atoms with Crippen molar-refractivity contribution in [2.75, 3.05) is 6.54 Å². The standard InChI is InChI=1S/C15H18N2O3/c16-10-5-11-17(12-13-6-2-1-3-7-13)14(18)8-4-9-15(19)20/h1-3,6-7H,4-5,8-9,11-12H2,(H,19,20). The van der Waals surface area contributed by atoms with Crippen LogP contribution in [-0.2, 0) is 16.1 Å². The second kappa shape index (κ2) is 8.70. The van der Waals surface area contributed by atoms with Crippen LogP contribution in [0.3, 0.4) is 0 Å². The fourth-order valence-electron chi connectivity index (χ4n) is 1.83. The van der Waals surface area contributed by atoms with Crippen LogP contribution in [0, 0.1) is 11.3 Å². The summed E-state index contributed by atoms with van der Waals surface area (Å²) in [6.45, 7) is 0.825. The lowest BCUT2D eigenvalue weighted by molar-refractivity contribution is -0.137. The zero-order valence-electron chi connectivity index (χ0n) is 11.3. The van der Waals surface area contributed by atoms with Crippen LogP contribution >= 0.6 is 0 Å². The molecule has 0 aliphatic rings. The summed E-state index contributed by atoms with van der Waals surface area (Å²) in [7, 11) is 0. The van der Waals surface area contributed by atoms with Crippen LogP contribution in [-0.4, -0.2) is 28.4 Å². The quantitative estimate of drug-likeness (QED) is 0.787. The summed E-state index contributed by atoms with van der Waals surface area (Å²) in [5.74, 6) is -1.00. The van der Waals surface area contributed by atoms with Gasteiger partial charge in [0, 0.05) is 25.9 Å². The van der Waals surface area contributed by atoms with Crippen LogP contribution in [0.25, 0.3) is 0 Å². The number of nitriles is 1. The van der Waals surface area contributed by atoms with Crippen molar-refractivity contribution in [3.05, 3.63) is 35.9 Å². The highest BCUT2D eigenvalue weighted by Crippen LogP contribution is 2.08. The first-order valence-corrected chi connectivity index (χ1v) is 6.54. The predicted octanol–water partition coefficient (Wildman–Crippen LogP) is 2.18. The number of rotatable bonds is 8. The van der Waals surface area contributed by atoms with Crippen molar-refractivity contribution in [3.63, 3.8) is 0 Å². The molecule has 0 unspecified atom stereocenters. The van der Waals surface area contributed by atoms with Gasteiger partial charge in [-0.25, -0.2) is 0 Å². The molecule has 0 aliphatic heterocycles. The molecule has 0 atom stereocenters. The van der Waals surface area contributed by atoms with E-state index >= 15 is 0 Å². The number of nitrogens with zero attached hydrogens (tertiary/aromatic N) is 2. The van der Waals surface area contributed by atoms with Crippen molar-refractivity contribution in [2.45, 2.75) is 32.2 Å². The second-order valence-corrected chi connectivity index (χ2v) is 4.46. The lowest BCUT2D eigenvalue weighted by Crippen LogP contribution is -2.31. The smallest absolute Gasteiger partial charge is 0.303 e. The number of hydrogen-bond donors (Lipinski definition) is 1. The zero-order chi connectivity index (χ0) is 14.8. The third kappa shape index (κ3) is 6.01. The van der Waals surface area contributed by atoms with Gasteiger partial charge in [-0.1, -0.05) is 30.3 Å². The molecule has 20 heavy (non-hydrogen) atoms. The number of carbonyl (C=O) groups excluding carboxylic acids is 1. The maximum Gasteiger partial charge on any atom is 0.303 e. The normalized spacial score (nSPS) is 9.75. The highest BCUT2D eigenvalue weighted by Gasteiger charge is 2.14. The van der Waals surface area contributed by atoms with E-state index in [1.54, 1.807) is 4.90 Å². The number of amides is 1. The van der Waals surface area contributed by atoms with Gasteiger partial charge in [-0.3, -0.25) is 9.59 Å². The monoisotopic (exact) mass is 274 g/mol. The number of carboxylic acid groups (broad SMARTS) is 1. The van der Waals surface area contributed by atoms with Gasteiger partial charge in [0.15, 0.2) is 0 Å². The fourth-order valence-corrected chi connectivity index (χ4v) is 1.83. The summed E-state index contributed by atoms with van der Waals surface area (Å²) >= 11 is 0. The van der Waals surface area contributed by atoms with E-state index < -0.39 is 5.97 Å². The topological polar surface area (TPSA) is 81.4 Å². The van der Waals surface area contributed by atoms with E-state index in [2.05, 4.69) is 0 Å². The Balaban J connectivity index is 2.56. The van der Waals surface area contributed by atoms with Gasteiger partial charge in [-0.15, -0.1) is 0 Å². The van der Waals surface area contributed by atoms with Gasteiger partial charge in [0.1, 0.15) is 0 Å². The SMILES string of the molecule is N#CCCN(Cc1ccccc1)C(=O)CCCC(=O)O. The first kappa shape index (κ1) is 15.7. The Morgan fingerprint density at radius 3 is 2.50 bits per heavy atom. The molecule has 0 fully saturated rings. The van der Waals surface area contributed by atoms with E-state index in [0.717, 1.165) is 5.56 Å². The summed E-state index contributed by atoms with van der Waals surface area (Å²) in [6.07, 6.45) is 0.789. The maximum atomic E-state index is 12.1. The lowest BCUT2D eigenvalue weighted by atomic mass is 10.1. The van der Waals surface area contributed by atoms with Gasteiger partial charge in [-0.2, -0.15) is 5.26 Å². The van der Waals surface area contributed by atoms with Gasteiger partial charge in [0.2, 0.25) is 5.91 Å². The molecule has 0 radical (unpaired) electrons. The van der Waals surface area contributed by atoms with E-state index in [1.165, 1.54) is 0 Å². The summed E-state index contributed by atoms with van der Waals surface area (Å²) in [5, 5.41) is 17.2. The van der Waals surface area contributed by atoms with E-state index in [9.17, 15) is 9.59 Å².